The van der Waals surface area contributed by atoms with Crippen LogP contribution in [0.25, 0.3) is 11.1 Å². The number of aryl methyl sites for hydroxylation is 1. The maximum Gasteiger partial charge on any atom is 0.254 e. The van der Waals surface area contributed by atoms with Gasteiger partial charge in [-0.2, -0.15) is 0 Å². The SMILES string of the molecule is Cc1cc(OC2CCN(C(=O)c3ccc(-c4ccc(F)cc4)cc3)CC2)cc(=O)n1C. The van der Waals surface area contributed by atoms with Gasteiger partial charge in [0.25, 0.3) is 11.5 Å². The van der Waals surface area contributed by atoms with Gasteiger partial charge in [-0.25, -0.2) is 4.39 Å². The summed E-state index contributed by atoms with van der Waals surface area (Å²) in [6.45, 7) is 3.08. The summed E-state index contributed by atoms with van der Waals surface area (Å²) < 4.78 is 20.7. The Labute approximate surface area is 180 Å². The van der Waals surface area contributed by atoms with Crippen molar-refractivity contribution in [2.45, 2.75) is 25.9 Å². The van der Waals surface area contributed by atoms with Crippen LogP contribution in [-0.2, 0) is 7.05 Å². The van der Waals surface area contributed by atoms with Crippen LogP contribution in [0.15, 0.2) is 65.5 Å². The molecule has 1 amide bonds. The van der Waals surface area contributed by atoms with Crippen molar-refractivity contribution in [2.75, 3.05) is 13.1 Å². The molecule has 0 aliphatic carbocycles. The summed E-state index contributed by atoms with van der Waals surface area (Å²) in [5.41, 5.74) is 3.23. The first kappa shape index (κ1) is 20.8. The van der Waals surface area contributed by atoms with Crippen LogP contribution in [0, 0.1) is 12.7 Å². The smallest absolute Gasteiger partial charge is 0.254 e. The predicted molar refractivity (Wildman–Crippen MR) is 118 cm³/mol. The molecule has 1 aliphatic rings. The number of piperidine rings is 1. The highest BCUT2D eigenvalue weighted by Gasteiger charge is 2.25. The Kier molecular flexibility index (Phi) is 5.89. The number of likely N-dealkylation sites (tertiary alicyclic amines) is 1. The summed E-state index contributed by atoms with van der Waals surface area (Å²) in [6.07, 6.45) is 1.41. The fourth-order valence-corrected chi connectivity index (χ4v) is 3.80. The first-order valence-corrected chi connectivity index (χ1v) is 10.4. The van der Waals surface area contributed by atoms with Gasteiger partial charge in [-0.05, 0) is 48.4 Å². The van der Waals surface area contributed by atoms with Crippen molar-refractivity contribution in [1.29, 1.82) is 0 Å². The number of hydrogen-bond donors (Lipinski definition) is 0. The topological polar surface area (TPSA) is 51.5 Å². The molecule has 160 valence electrons. The van der Waals surface area contributed by atoms with E-state index in [2.05, 4.69) is 0 Å². The maximum absolute atomic E-state index is 13.1. The van der Waals surface area contributed by atoms with E-state index in [1.165, 1.54) is 18.2 Å². The lowest BCUT2D eigenvalue weighted by Crippen LogP contribution is -2.41. The number of amides is 1. The van der Waals surface area contributed by atoms with Crippen molar-refractivity contribution < 1.29 is 13.9 Å². The summed E-state index contributed by atoms with van der Waals surface area (Å²) in [5, 5.41) is 0. The Bertz CT molecular complexity index is 1130. The molecule has 0 bridgehead atoms. The third-order valence-electron chi connectivity index (χ3n) is 5.82. The van der Waals surface area contributed by atoms with Crippen LogP contribution in [-0.4, -0.2) is 34.6 Å². The van der Waals surface area contributed by atoms with Gasteiger partial charge >= 0.3 is 0 Å². The third kappa shape index (κ3) is 4.68. The Hall–Kier alpha value is -3.41. The monoisotopic (exact) mass is 420 g/mol. The van der Waals surface area contributed by atoms with Gasteiger partial charge in [0.1, 0.15) is 17.7 Å². The van der Waals surface area contributed by atoms with Crippen LogP contribution < -0.4 is 10.3 Å². The van der Waals surface area contributed by atoms with E-state index >= 15 is 0 Å². The fraction of sp³-hybridized carbons (Fsp3) is 0.280. The molecule has 0 saturated carbocycles. The molecule has 0 unspecified atom stereocenters. The second kappa shape index (κ2) is 8.76. The van der Waals surface area contributed by atoms with E-state index in [9.17, 15) is 14.0 Å². The van der Waals surface area contributed by atoms with Gasteiger partial charge in [-0.3, -0.25) is 9.59 Å². The van der Waals surface area contributed by atoms with Crippen molar-refractivity contribution >= 4 is 5.91 Å². The molecular formula is C25H25FN2O3. The van der Waals surface area contributed by atoms with E-state index in [1.807, 2.05) is 42.2 Å². The number of rotatable bonds is 4. The molecule has 0 radical (unpaired) electrons. The number of nitrogens with zero attached hydrogens (tertiary/aromatic N) is 2. The second-order valence-electron chi connectivity index (χ2n) is 7.92. The lowest BCUT2D eigenvalue weighted by atomic mass is 10.0. The number of ether oxygens (including phenoxy) is 1. The number of hydrogen-bond acceptors (Lipinski definition) is 3. The summed E-state index contributed by atoms with van der Waals surface area (Å²) >= 11 is 0. The Morgan fingerprint density at radius 1 is 0.968 bits per heavy atom. The fourth-order valence-electron chi connectivity index (χ4n) is 3.80. The molecule has 5 nitrogen and oxygen atoms in total. The first-order chi connectivity index (χ1) is 14.9. The lowest BCUT2D eigenvalue weighted by molar-refractivity contribution is 0.0595. The van der Waals surface area contributed by atoms with Crippen molar-refractivity contribution in [2.24, 2.45) is 7.05 Å². The minimum absolute atomic E-state index is 0.00599. The van der Waals surface area contributed by atoms with Crippen LogP contribution in [0.5, 0.6) is 5.75 Å². The molecule has 1 saturated heterocycles. The highest BCUT2D eigenvalue weighted by Crippen LogP contribution is 2.23. The quantitative estimate of drug-likeness (QED) is 0.636. The van der Waals surface area contributed by atoms with Gasteiger partial charge in [0.15, 0.2) is 0 Å². The molecule has 3 aromatic rings. The van der Waals surface area contributed by atoms with E-state index in [4.69, 9.17) is 4.74 Å². The first-order valence-electron chi connectivity index (χ1n) is 10.4. The number of aromatic nitrogens is 1. The molecule has 4 rings (SSSR count). The van der Waals surface area contributed by atoms with E-state index in [0.29, 0.717) is 37.2 Å². The minimum Gasteiger partial charge on any atom is -0.490 e. The van der Waals surface area contributed by atoms with E-state index in [1.54, 1.807) is 23.7 Å². The lowest BCUT2D eigenvalue weighted by Gasteiger charge is -2.32. The number of carbonyl (C=O) groups excluding carboxylic acids is 1. The maximum atomic E-state index is 13.1. The zero-order valence-corrected chi connectivity index (χ0v) is 17.7. The number of pyridine rings is 1. The molecule has 0 spiro atoms. The van der Waals surface area contributed by atoms with Gasteiger partial charge in [0.2, 0.25) is 0 Å². The molecule has 0 atom stereocenters. The molecule has 6 heteroatoms. The molecule has 2 aromatic carbocycles. The van der Waals surface area contributed by atoms with Gasteiger partial charge in [-0.1, -0.05) is 24.3 Å². The molecule has 0 N–H and O–H groups in total. The average Bonchev–Trinajstić information content (AvgIpc) is 2.78. The van der Waals surface area contributed by atoms with Crippen LogP contribution >= 0.6 is 0 Å². The molecule has 1 aliphatic heterocycles. The Balaban J connectivity index is 1.36. The second-order valence-corrected chi connectivity index (χ2v) is 7.92. The van der Waals surface area contributed by atoms with E-state index < -0.39 is 0 Å². The Morgan fingerprint density at radius 3 is 2.13 bits per heavy atom. The number of carbonyl (C=O) groups is 1. The standard InChI is InChI=1S/C25H25FN2O3/c1-17-15-23(16-24(29)27(17)2)31-22-11-13-28(14-12-22)25(30)20-5-3-18(4-6-20)19-7-9-21(26)10-8-19/h3-10,15-16,22H,11-14H2,1-2H3. The van der Waals surface area contributed by atoms with Gasteiger partial charge in [0.05, 0.1) is 0 Å². The third-order valence-corrected chi connectivity index (χ3v) is 5.82. The normalized spacial score (nSPS) is 14.5. The molecule has 2 heterocycles. The van der Waals surface area contributed by atoms with Crippen molar-refractivity contribution in [3.63, 3.8) is 0 Å². The highest BCUT2D eigenvalue weighted by molar-refractivity contribution is 5.94. The highest BCUT2D eigenvalue weighted by atomic mass is 19.1. The van der Waals surface area contributed by atoms with Crippen molar-refractivity contribution in [3.05, 3.63) is 88.1 Å². The summed E-state index contributed by atoms with van der Waals surface area (Å²) in [6, 6.07) is 17.1. The van der Waals surface area contributed by atoms with Crippen molar-refractivity contribution in [1.82, 2.24) is 9.47 Å². The van der Waals surface area contributed by atoms with Gasteiger partial charge in [-0.15, -0.1) is 0 Å². The van der Waals surface area contributed by atoms with Crippen LogP contribution in [0.1, 0.15) is 28.9 Å². The molecule has 1 aromatic heterocycles. The number of benzene rings is 2. The largest absolute Gasteiger partial charge is 0.490 e. The van der Waals surface area contributed by atoms with E-state index in [-0.39, 0.29) is 23.4 Å². The molecule has 31 heavy (non-hydrogen) atoms. The zero-order valence-electron chi connectivity index (χ0n) is 17.7. The average molecular weight is 420 g/mol. The zero-order chi connectivity index (χ0) is 22.0. The Morgan fingerprint density at radius 2 is 1.55 bits per heavy atom. The van der Waals surface area contributed by atoms with Gasteiger partial charge < -0.3 is 14.2 Å². The predicted octanol–water partition coefficient (Wildman–Crippen LogP) is 4.18. The molecule has 1 fully saturated rings. The van der Waals surface area contributed by atoms with Crippen LogP contribution in [0.3, 0.4) is 0 Å². The summed E-state index contributed by atoms with van der Waals surface area (Å²) in [5.74, 6) is 0.308. The summed E-state index contributed by atoms with van der Waals surface area (Å²) in [7, 11) is 1.73. The minimum atomic E-state index is -0.271. The van der Waals surface area contributed by atoms with E-state index in [0.717, 1.165) is 16.8 Å². The van der Waals surface area contributed by atoms with Crippen LogP contribution in [0.2, 0.25) is 0 Å². The van der Waals surface area contributed by atoms with Crippen LogP contribution in [0.4, 0.5) is 4.39 Å². The summed E-state index contributed by atoms with van der Waals surface area (Å²) in [4.78, 5) is 26.7. The molecular weight excluding hydrogens is 395 g/mol. The van der Waals surface area contributed by atoms with Crippen molar-refractivity contribution in [3.8, 4) is 16.9 Å². The van der Waals surface area contributed by atoms with Gasteiger partial charge in [0, 0.05) is 50.3 Å². The number of halogens is 1.